The number of amides is 1. The fourth-order valence-corrected chi connectivity index (χ4v) is 3.11. The van der Waals surface area contributed by atoms with Crippen molar-refractivity contribution in [2.24, 2.45) is 0 Å². The molecule has 2 N–H and O–H groups in total. The van der Waals surface area contributed by atoms with Crippen LogP contribution < -0.4 is 5.32 Å². The number of hydrogen-bond donors (Lipinski definition) is 2. The van der Waals surface area contributed by atoms with E-state index in [4.69, 9.17) is 14.0 Å². The third-order valence-corrected chi connectivity index (χ3v) is 5.74. The van der Waals surface area contributed by atoms with E-state index < -0.39 is 24.4 Å². The molecule has 1 amide bonds. The van der Waals surface area contributed by atoms with Crippen molar-refractivity contribution in [2.75, 3.05) is 6.54 Å². The topological polar surface area (TPSA) is 94.1 Å². The molecule has 0 saturated carbocycles. The first-order chi connectivity index (χ1) is 15.1. The summed E-state index contributed by atoms with van der Waals surface area (Å²) in [6.07, 6.45) is 1.77. The molecule has 0 unspecified atom stereocenters. The van der Waals surface area contributed by atoms with E-state index in [0.29, 0.717) is 17.3 Å². The summed E-state index contributed by atoms with van der Waals surface area (Å²) in [4.78, 5) is 23.2. The van der Waals surface area contributed by atoms with Crippen LogP contribution in [0.25, 0.3) is 6.08 Å². The van der Waals surface area contributed by atoms with Crippen LogP contribution in [0.2, 0.25) is 0 Å². The number of aldehydes is 1. The Labute approximate surface area is 188 Å². The summed E-state index contributed by atoms with van der Waals surface area (Å²) >= 11 is 0. The molecule has 8 heteroatoms. The summed E-state index contributed by atoms with van der Waals surface area (Å²) < 4.78 is 17.6. The average molecular weight is 437 g/mol. The Bertz CT molecular complexity index is 987. The second kappa shape index (κ2) is 9.59. The molecule has 32 heavy (non-hydrogen) atoms. The van der Waals surface area contributed by atoms with Crippen molar-refractivity contribution in [2.45, 2.75) is 45.5 Å². The largest absolute Gasteiger partial charge is 0.507 e. The van der Waals surface area contributed by atoms with Crippen molar-refractivity contribution >= 4 is 25.6 Å². The molecule has 1 aliphatic rings. The van der Waals surface area contributed by atoms with E-state index in [1.54, 1.807) is 12.1 Å². The van der Waals surface area contributed by atoms with Crippen LogP contribution >= 0.6 is 0 Å². The van der Waals surface area contributed by atoms with Crippen LogP contribution in [0.15, 0.2) is 54.0 Å². The van der Waals surface area contributed by atoms with Gasteiger partial charge in [0.05, 0.1) is 16.8 Å². The van der Waals surface area contributed by atoms with Crippen LogP contribution in [-0.4, -0.2) is 42.4 Å². The lowest BCUT2D eigenvalue weighted by Crippen LogP contribution is -2.41. The lowest BCUT2D eigenvalue weighted by Gasteiger charge is -2.32. The number of nitrogens with one attached hydrogen (secondary N) is 1. The molecule has 2 aromatic rings. The highest BCUT2D eigenvalue weighted by atomic mass is 16.7. The minimum absolute atomic E-state index is 0.112. The molecule has 0 bridgehead atoms. The molecule has 3 rings (SSSR count). The molecule has 1 heterocycles. The van der Waals surface area contributed by atoms with Gasteiger partial charge in [0.1, 0.15) is 12.4 Å². The van der Waals surface area contributed by atoms with E-state index in [0.717, 1.165) is 5.56 Å². The summed E-state index contributed by atoms with van der Waals surface area (Å²) in [6.45, 7) is 8.03. The standard InChI is InChI=1S/C24H28BNO6/c1-23(2)24(3,4)32-25(31-23)20(12-18-10-11-19(15-27)21(28)13-18)14-26-22(29)30-16-17-8-6-5-7-9-17/h5-13,15,28H,14,16H2,1-4H3,(H,26,29). The normalized spacial score (nSPS) is 17.1. The molecule has 168 valence electrons. The van der Waals surface area contributed by atoms with Crippen molar-refractivity contribution in [3.63, 3.8) is 0 Å². The van der Waals surface area contributed by atoms with Gasteiger partial charge < -0.3 is 24.5 Å². The molecule has 1 saturated heterocycles. The molecule has 1 fully saturated rings. The summed E-state index contributed by atoms with van der Waals surface area (Å²) in [5, 5.41) is 12.8. The van der Waals surface area contributed by atoms with Crippen molar-refractivity contribution in [3.8, 4) is 5.75 Å². The van der Waals surface area contributed by atoms with E-state index in [2.05, 4.69) is 5.32 Å². The minimum atomic E-state index is -0.706. The van der Waals surface area contributed by atoms with Crippen molar-refractivity contribution in [1.82, 2.24) is 5.32 Å². The highest BCUT2D eigenvalue weighted by molar-refractivity contribution is 6.56. The summed E-state index contributed by atoms with van der Waals surface area (Å²) in [7, 11) is -0.706. The van der Waals surface area contributed by atoms with Crippen LogP contribution in [0.4, 0.5) is 4.79 Å². The zero-order chi connectivity index (χ0) is 23.4. The second-order valence-electron chi connectivity index (χ2n) is 8.66. The number of rotatable bonds is 7. The predicted molar refractivity (Wildman–Crippen MR) is 122 cm³/mol. The van der Waals surface area contributed by atoms with E-state index in [1.807, 2.05) is 58.0 Å². The number of carbonyl (C=O) groups excluding carboxylic acids is 2. The zero-order valence-corrected chi connectivity index (χ0v) is 18.8. The van der Waals surface area contributed by atoms with Gasteiger partial charge in [0, 0.05) is 6.54 Å². The van der Waals surface area contributed by atoms with Gasteiger partial charge in [0.2, 0.25) is 0 Å². The molecule has 2 aromatic carbocycles. The molecule has 0 atom stereocenters. The number of carbonyl (C=O) groups is 2. The van der Waals surface area contributed by atoms with Gasteiger partial charge in [0.25, 0.3) is 0 Å². The van der Waals surface area contributed by atoms with Gasteiger partial charge >= 0.3 is 13.2 Å². The fourth-order valence-electron chi connectivity index (χ4n) is 3.11. The Hall–Kier alpha value is -3.10. The minimum Gasteiger partial charge on any atom is -0.507 e. The molecular formula is C24H28BNO6. The van der Waals surface area contributed by atoms with Crippen LogP contribution in [0, 0.1) is 0 Å². The van der Waals surface area contributed by atoms with Crippen LogP contribution in [0.5, 0.6) is 5.75 Å². The van der Waals surface area contributed by atoms with Gasteiger partial charge in [-0.1, -0.05) is 42.5 Å². The van der Waals surface area contributed by atoms with Gasteiger partial charge in [-0.2, -0.15) is 0 Å². The highest BCUT2D eigenvalue weighted by Gasteiger charge is 2.52. The van der Waals surface area contributed by atoms with E-state index in [1.165, 1.54) is 12.1 Å². The van der Waals surface area contributed by atoms with E-state index >= 15 is 0 Å². The summed E-state index contributed by atoms with van der Waals surface area (Å²) in [5.41, 5.74) is 1.23. The number of hydrogen-bond acceptors (Lipinski definition) is 6. The van der Waals surface area contributed by atoms with Crippen LogP contribution in [0.1, 0.15) is 49.2 Å². The third-order valence-electron chi connectivity index (χ3n) is 5.74. The maximum atomic E-state index is 12.3. The average Bonchev–Trinajstić information content (AvgIpc) is 2.97. The van der Waals surface area contributed by atoms with Crippen LogP contribution in [0.3, 0.4) is 0 Å². The fraction of sp³-hybridized carbons (Fsp3) is 0.333. The third kappa shape index (κ3) is 5.58. The molecule has 0 spiro atoms. The Morgan fingerprint density at radius 2 is 1.75 bits per heavy atom. The molecule has 0 aliphatic carbocycles. The zero-order valence-electron chi connectivity index (χ0n) is 18.8. The second-order valence-corrected chi connectivity index (χ2v) is 8.66. The Morgan fingerprint density at radius 1 is 1.09 bits per heavy atom. The number of benzene rings is 2. The summed E-state index contributed by atoms with van der Waals surface area (Å²) in [5.74, 6) is -0.128. The Morgan fingerprint density at radius 3 is 2.34 bits per heavy atom. The lowest BCUT2D eigenvalue weighted by molar-refractivity contribution is 0.00578. The predicted octanol–water partition coefficient (Wildman–Crippen LogP) is 4.15. The number of phenolic OH excluding ortho intramolecular Hbond substituents is 1. The number of aromatic hydroxyl groups is 1. The molecule has 1 aliphatic heterocycles. The number of ether oxygens (including phenoxy) is 1. The van der Waals surface area contributed by atoms with Crippen molar-refractivity contribution in [3.05, 3.63) is 70.7 Å². The van der Waals surface area contributed by atoms with Gasteiger partial charge in [-0.15, -0.1) is 0 Å². The molecule has 0 radical (unpaired) electrons. The lowest BCUT2D eigenvalue weighted by atomic mass is 9.77. The number of alkyl carbamates (subject to hydrolysis) is 1. The first-order valence-corrected chi connectivity index (χ1v) is 10.4. The number of phenols is 1. The Balaban J connectivity index is 1.75. The van der Waals surface area contributed by atoms with E-state index in [-0.39, 0.29) is 24.5 Å². The summed E-state index contributed by atoms with van der Waals surface area (Å²) in [6, 6.07) is 14.1. The SMILES string of the molecule is CC1(C)OB(C(=Cc2ccc(C=O)c(O)c2)CNC(=O)OCc2ccccc2)OC1(C)C. The van der Waals surface area contributed by atoms with Crippen molar-refractivity contribution in [1.29, 1.82) is 0 Å². The highest BCUT2D eigenvalue weighted by Crippen LogP contribution is 2.38. The van der Waals surface area contributed by atoms with Gasteiger partial charge in [-0.05, 0) is 56.4 Å². The van der Waals surface area contributed by atoms with Crippen LogP contribution in [-0.2, 0) is 20.7 Å². The van der Waals surface area contributed by atoms with Gasteiger partial charge in [-0.25, -0.2) is 4.79 Å². The smallest absolute Gasteiger partial charge is 0.492 e. The quantitative estimate of drug-likeness (QED) is 0.500. The van der Waals surface area contributed by atoms with E-state index in [9.17, 15) is 14.7 Å². The maximum Gasteiger partial charge on any atom is 0.492 e. The van der Waals surface area contributed by atoms with Crippen molar-refractivity contribution < 1.29 is 28.7 Å². The molecule has 0 aromatic heterocycles. The maximum absolute atomic E-state index is 12.3. The Kier molecular flexibility index (Phi) is 7.06. The van der Waals surface area contributed by atoms with Gasteiger partial charge in [0.15, 0.2) is 6.29 Å². The monoisotopic (exact) mass is 437 g/mol. The first-order valence-electron chi connectivity index (χ1n) is 10.4. The van der Waals surface area contributed by atoms with Gasteiger partial charge in [-0.3, -0.25) is 4.79 Å². The molecular weight excluding hydrogens is 409 g/mol. The molecule has 7 nitrogen and oxygen atoms in total. The first kappa shape index (κ1) is 23.6.